The van der Waals surface area contributed by atoms with Gasteiger partial charge in [-0.2, -0.15) is 23.1 Å². The molecule has 182 valence electrons. The summed E-state index contributed by atoms with van der Waals surface area (Å²) in [6.07, 6.45) is 1.07. The Morgan fingerprint density at radius 1 is 0.943 bits per heavy atom. The lowest BCUT2D eigenvalue weighted by Gasteiger charge is -2.21. The van der Waals surface area contributed by atoms with Crippen molar-refractivity contribution in [3.05, 3.63) is 70.8 Å². The molecule has 9 heteroatoms. The zero-order chi connectivity index (χ0) is 24.6. The number of nitrogens with one attached hydrogen (secondary N) is 1. The quantitative estimate of drug-likeness (QED) is 0.403. The fraction of sp³-hybridized carbons (Fsp3) is 0.385. The number of anilines is 1. The van der Waals surface area contributed by atoms with E-state index in [4.69, 9.17) is 0 Å². The van der Waals surface area contributed by atoms with Crippen LogP contribution in [0.15, 0.2) is 47.5 Å². The van der Waals surface area contributed by atoms with Crippen molar-refractivity contribution >= 4 is 11.8 Å². The Balaban J connectivity index is 1.59. The topological polar surface area (TPSA) is 63.1 Å². The Labute approximate surface area is 200 Å². The van der Waals surface area contributed by atoms with E-state index in [1.807, 2.05) is 6.92 Å². The first-order valence-corrected chi connectivity index (χ1v) is 11.9. The van der Waals surface area contributed by atoms with Crippen LogP contribution in [0.25, 0.3) is 11.4 Å². The van der Waals surface area contributed by atoms with Crippen molar-refractivity contribution in [3.63, 3.8) is 0 Å². The smallest absolute Gasteiger partial charge is 0.308 e. The van der Waals surface area contributed by atoms with Gasteiger partial charge in [0.15, 0.2) is 5.82 Å². The van der Waals surface area contributed by atoms with Gasteiger partial charge in [0.1, 0.15) is 17.5 Å². The number of hydrogen-bond acceptors (Lipinski definition) is 5. The first-order chi connectivity index (χ1) is 16.8. The highest BCUT2D eigenvalue weighted by Gasteiger charge is 2.35. The van der Waals surface area contributed by atoms with E-state index in [2.05, 4.69) is 25.3 Å². The second kappa shape index (κ2) is 9.36. The number of aliphatic imine (C=N–C) groups is 1. The van der Waals surface area contributed by atoms with Gasteiger partial charge in [-0.05, 0) is 43.0 Å². The molecule has 1 saturated carbocycles. The normalized spacial score (nSPS) is 18.3. The van der Waals surface area contributed by atoms with Crippen LogP contribution in [0.5, 0.6) is 0 Å². The maximum absolute atomic E-state index is 14.0. The van der Waals surface area contributed by atoms with Crippen molar-refractivity contribution in [1.82, 2.24) is 15.0 Å². The molecule has 2 aromatic carbocycles. The second-order valence-corrected chi connectivity index (χ2v) is 8.98. The number of nitrogens with zero attached hydrogens (tertiary/aromatic N) is 4. The number of alkyl halides is 3. The summed E-state index contributed by atoms with van der Waals surface area (Å²) in [4.78, 5) is 18.1. The van der Waals surface area contributed by atoms with Gasteiger partial charge >= 0.3 is 6.18 Å². The minimum absolute atomic E-state index is 0.0406. The molecule has 1 aromatic heterocycles. The Morgan fingerprint density at radius 3 is 2.46 bits per heavy atom. The maximum Gasteiger partial charge on any atom is 0.417 e. The molecule has 2 heterocycles. The summed E-state index contributed by atoms with van der Waals surface area (Å²) in [5.74, 6) is 0.594. The third-order valence-corrected chi connectivity index (χ3v) is 6.63. The Kier molecular flexibility index (Phi) is 6.25. The van der Waals surface area contributed by atoms with Crippen LogP contribution in [0.3, 0.4) is 0 Å². The molecule has 0 saturated heterocycles. The molecule has 35 heavy (non-hydrogen) atoms. The summed E-state index contributed by atoms with van der Waals surface area (Å²) in [7, 11) is 0. The molecule has 2 aliphatic rings. The molecule has 0 radical (unpaired) electrons. The molecule has 1 fully saturated rings. The average molecular weight is 484 g/mol. The molecule has 1 unspecified atom stereocenters. The zero-order valence-electron chi connectivity index (χ0n) is 19.2. The monoisotopic (exact) mass is 483 g/mol. The van der Waals surface area contributed by atoms with Crippen molar-refractivity contribution in [2.75, 3.05) is 5.32 Å². The Bertz CT molecular complexity index is 1260. The van der Waals surface area contributed by atoms with Gasteiger partial charge in [-0.3, -0.25) is 4.99 Å². The van der Waals surface area contributed by atoms with Crippen molar-refractivity contribution in [2.45, 2.75) is 63.6 Å². The third kappa shape index (κ3) is 4.76. The van der Waals surface area contributed by atoms with E-state index in [1.165, 1.54) is 30.3 Å². The van der Waals surface area contributed by atoms with Crippen LogP contribution in [0.2, 0.25) is 0 Å². The number of halogens is 4. The van der Waals surface area contributed by atoms with E-state index >= 15 is 0 Å². The Hall–Kier alpha value is -3.36. The molecule has 1 N–H and O–H groups in total. The van der Waals surface area contributed by atoms with E-state index in [1.54, 1.807) is 6.07 Å². The molecule has 0 spiro atoms. The van der Waals surface area contributed by atoms with Crippen LogP contribution in [0.1, 0.15) is 79.9 Å². The number of hydrogen-bond donors (Lipinski definition) is 1. The lowest BCUT2D eigenvalue weighted by molar-refractivity contribution is -0.137. The van der Waals surface area contributed by atoms with Crippen LogP contribution < -0.4 is 5.32 Å². The predicted octanol–water partition coefficient (Wildman–Crippen LogP) is 7.07. The van der Waals surface area contributed by atoms with Gasteiger partial charge < -0.3 is 5.32 Å². The predicted molar refractivity (Wildman–Crippen MR) is 126 cm³/mol. The molecule has 5 nitrogen and oxygen atoms in total. The van der Waals surface area contributed by atoms with Crippen LogP contribution in [-0.4, -0.2) is 20.8 Å². The summed E-state index contributed by atoms with van der Waals surface area (Å²) in [5, 5.41) is 3.08. The van der Waals surface area contributed by atoms with E-state index in [0.29, 0.717) is 17.2 Å². The van der Waals surface area contributed by atoms with Gasteiger partial charge in [-0.25, -0.2) is 9.37 Å². The summed E-state index contributed by atoms with van der Waals surface area (Å²) in [6.45, 7) is 1.99. The van der Waals surface area contributed by atoms with Gasteiger partial charge in [0.2, 0.25) is 5.95 Å². The summed E-state index contributed by atoms with van der Waals surface area (Å²) in [6, 6.07) is 9.65. The van der Waals surface area contributed by atoms with Crippen LogP contribution in [0.4, 0.5) is 23.5 Å². The highest BCUT2D eigenvalue weighted by molar-refractivity contribution is 6.10. The van der Waals surface area contributed by atoms with Crippen LogP contribution in [-0.2, 0) is 6.18 Å². The summed E-state index contributed by atoms with van der Waals surface area (Å²) >= 11 is 0. The van der Waals surface area contributed by atoms with Crippen molar-refractivity contribution in [2.24, 2.45) is 4.99 Å². The lowest BCUT2D eigenvalue weighted by Crippen LogP contribution is -2.18. The van der Waals surface area contributed by atoms with Gasteiger partial charge in [0.05, 0.1) is 11.6 Å². The van der Waals surface area contributed by atoms with Crippen LogP contribution in [0, 0.1) is 5.82 Å². The van der Waals surface area contributed by atoms with Gasteiger partial charge in [0, 0.05) is 17.0 Å². The van der Waals surface area contributed by atoms with E-state index < -0.39 is 17.6 Å². The summed E-state index contributed by atoms with van der Waals surface area (Å²) < 4.78 is 55.3. The molecule has 0 amide bonds. The van der Waals surface area contributed by atoms with E-state index in [0.717, 1.165) is 50.2 Å². The average Bonchev–Trinajstić information content (AvgIpc) is 3.20. The van der Waals surface area contributed by atoms with Crippen molar-refractivity contribution in [1.29, 1.82) is 0 Å². The number of aromatic nitrogens is 3. The van der Waals surface area contributed by atoms with Gasteiger partial charge in [-0.15, -0.1) is 0 Å². The van der Waals surface area contributed by atoms with Crippen LogP contribution >= 0.6 is 0 Å². The molecule has 3 aromatic rings. The van der Waals surface area contributed by atoms with Gasteiger partial charge in [0.25, 0.3) is 0 Å². The fourth-order valence-corrected chi connectivity index (χ4v) is 4.87. The number of fused-ring (bicyclic) bond motifs is 1. The molecular weight excluding hydrogens is 458 g/mol. The molecule has 0 bridgehead atoms. The maximum atomic E-state index is 14.0. The van der Waals surface area contributed by atoms with E-state index in [9.17, 15) is 17.6 Å². The third-order valence-electron chi connectivity index (χ3n) is 6.63. The lowest BCUT2D eigenvalue weighted by atomic mass is 9.88. The summed E-state index contributed by atoms with van der Waals surface area (Å²) in [5.41, 5.74) is 0.589. The van der Waals surface area contributed by atoms with Crippen molar-refractivity contribution in [3.8, 4) is 11.4 Å². The highest BCUT2D eigenvalue weighted by Crippen LogP contribution is 2.38. The molecule has 1 aliphatic heterocycles. The standard InChI is InChI=1S/C26H25F4N5/c1-2-21-17-13-12-16(27)14-19(17)24(31-21)35-25-33-22(15-8-4-3-5-9-15)32-23(34-25)18-10-6-7-11-20(18)26(28,29)30/h6-7,10-15,21H,2-5,8-9H2,1H3,(H,31,32,33,34,35). The molecule has 1 atom stereocenters. The zero-order valence-corrected chi connectivity index (χ0v) is 19.2. The number of amidine groups is 1. The molecule has 5 rings (SSSR count). The first-order valence-electron chi connectivity index (χ1n) is 11.9. The van der Waals surface area contributed by atoms with E-state index in [-0.39, 0.29) is 29.3 Å². The minimum Gasteiger partial charge on any atom is -0.308 e. The second-order valence-electron chi connectivity index (χ2n) is 8.98. The Morgan fingerprint density at radius 2 is 1.71 bits per heavy atom. The fourth-order valence-electron chi connectivity index (χ4n) is 4.87. The van der Waals surface area contributed by atoms with Crippen molar-refractivity contribution < 1.29 is 17.6 Å². The highest BCUT2D eigenvalue weighted by atomic mass is 19.4. The SMILES string of the molecule is CCC1N=C(Nc2nc(-c3ccccc3C(F)(F)F)nc(C3CCCCC3)n2)c2cc(F)ccc21. The number of benzene rings is 2. The first kappa shape index (κ1) is 23.4. The molecule has 1 aliphatic carbocycles. The number of rotatable bonds is 4. The van der Waals surface area contributed by atoms with Gasteiger partial charge in [-0.1, -0.05) is 50.5 Å². The minimum atomic E-state index is -4.55. The molecular formula is C26H25F4N5. The largest absolute Gasteiger partial charge is 0.417 e.